The monoisotopic (exact) mass is 228 g/mol. The van der Waals surface area contributed by atoms with E-state index in [0.717, 1.165) is 5.39 Å². The predicted octanol–water partition coefficient (Wildman–Crippen LogP) is 2.21. The van der Waals surface area contributed by atoms with E-state index in [1.165, 1.54) is 12.1 Å². The second-order valence-corrected chi connectivity index (χ2v) is 3.85. The fourth-order valence-corrected chi connectivity index (χ4v) is 1.82. The number of nitrogens with two attached hydrogens (primary N) is 1. The lowest BCUT2D eigenvalue weighted by molar-refractivity contribution is 0.629. The predicted molar refractivity (Wildman–Crippen MR) is 63.9 cm³/mol. The van der Waals surface area contributed by atoms with Gasteiger partial charge in [0.2, 0.25) is 0 Å². The Bertz CT molecular complexity index is 739. The molecule has 0 aliphatic rings. The highest BCUT2D eigenvalue weighted by molar-refractivity contribution is 5.95. The van der Waals surface area contributed by atoms with Gasteiger partial charge >= 0.3 is 0 Å². The van der Waals surface area contributed by atoms with E-state index < -0.39 is 0 Å². The van der Waals surface area contributed by atoms with E-state index >= 15 is 0 Å². The fourth-order valence-electron chi connectivity index (χ4n) is 1.82. The molecule has 3 rings (SSSR count). The topological polar surface area (TPSA) is 64.7 Å². The van der Waals surface area contributed by atoms with Crippen molar-refractivity contribution in [3.63, 3.8) is 0 Å². The first-order valence-corrected chi connectivity index (χ1v) is 5.13. The quantitative estimate of drug-likeness (QED) is 0.599. The second-order valence-electron chi connectivity index (χ2n) is 3.85. The lowest BCUT2D eigenvalue weighted by Gasteiger charge is -2.04. The van der Waals surface area contributed by atoms with Gasteiger partial charge in [-0.1, -0.05) is 0 Å². The van der Waals surface area contributed by atoms with Crippen LogP contribution >= 0.6 is 0 Å². The van der Waals surface area contributed by atoms with Crippen LogP contribution in [-0.4, -0.2) is 15.0 Å². The molecule has 0 aliphatic carbocycles. The van der Waals surface area contributed by atoms with Crippen LogP contribution in [0.2, 0.25) is 0 Å². The Hall–Kier alpha value is -2.30. The van der Waals surface area contributed by atoms with Gasteiger partial charge in [-0.05, 0) is 25.1 Å². The summed E-state index contributed by atoms with van der Waals surface area (Å²) < 4.78 is 13.1. The number of pyridine rings is 1. The molecule has 0 saturated heterocycles. The minimum Gasteiger partial charge on any atom is -0.383 e. The number of aromatic nitrogens is 3. The maximum atomic E-state index is 13.1. The highest BCUT2D eigenvalue weighted by Gasteiger charge is 2.06. The maximum Gasteiger partial charge on any atom is 0.165 e. The van der Waals surface area contributed by atoms with Crippen molar-refractivity contribution in [3.8, 4) is 0 Å². The zero-order chi connectivity index (χ0) is 12.0. The summed E-state index contributed by atoms with van der Waals surface area (Å²) in [7, 11) is 0. The molecule has 3 aromatic rings. The third-order valence-electron chi connectivity index (χ3n) is 2.59. The van der Waals surface area contributed by atoms with Crippen molar-refractivity contribution < 1.29 is 4.39 Å². The van der Waals surface area contributed by atoms with Crippen molar-refractivity contribution in [2.75, 3.05) is 5.73 Å². The molecule has 0 aliphatic heterocycles. The largest absolute Gasteiger partial charge is 0.383 e. The smallest absolute Gasteiger partial charge is 0.165 e. The number of fused-ring (bicyclic) bond motifs is 2. The molecule has 0 fully saturated rings. The average molecular weight is 228 g/mol. The van der Waals surface area contributed by atoms with Gasteiger partial charge in [-0.15, -0.1) is 0 Å². The van der Waals surface area contributed by atoms with Crippen LogP contribution in [0.3, 0.4) is 0 Å². The summed E-state index contributed by atoms with van der Waals surface area (Å²) in [4.78, 5) is 12.6. The number of hydrogen-bond acceptors (Lipinski definition) is 4. The van der Waals surface area contributed by atoms with Crippen LogP contribution < -0.4 is 5.73 Å². The molecule has 0 amide bonds. The van der Waals surface area contributed by atoms with Gasteiger partial charge in [0.1, 0.15) is 17.5 Å². The van der Waals surface area contributed by atoms with Crippen LogP contribution in [0, 0.1) is 12.7 Å². The van der Waals surface area contributed by atoms with E-state index in [4.69, 9.17) is 5.73 Å². The van der Waals surface area contributed by atoms with Crippen molar-refractivity contribution in [3.05, 3.63) is 35.9 Å². The Morgan fingerprint density at radius 1 is 1.12 bits per heavy atom. The number of anilines is 1. The van der Waals surface area contributed by atoms with Gasteiger partial charge in [-0.25, -0.2) is 19.3 Å². The maximum absolute atomic E-state index is 13.1. The number of benzene rings is 1. The number of hydrogen-bond donors (Lipinski definition) is 1. The second kappa shape index (κ2) is 3.35. The SMILES string of the molecule is Cc1nc(N)c2cc3ccc(F)cc3nc2n1. The summed E-state index contributed by atoms with van der Waals surface area (Å²) in [6.45, 7) is 1.74. The van der Waals surface area contributed by atoms with Crippen molar-refractivity contribution in [2.24, 2.45) is 0 Å². The number of nitrogens with zero attached hydrogens (tertiary/aromatic N) is 3. The van der Waals surface area contributed by atoms with Gasteiger partial charge in [0.05, 0.1) is 10.9 Å². The van der Waals surface area contributed by atoms with Crippen LogP contribution in [0.5, 0.6) is 0 Å². The number of halogens is 1. The summed E-state index contributed by atoms with van der Waals surface area (Å²) >= 11 is 0. The first-order valence-electron chi connectivity index (χ1n) is 5.13. The molecule has 4 nitrogen and oxygen atoms in total. The number of aryl methyl sites for hydroxylation is 1. The average Bonchev–Trinajstić information content (AvgIpc) is 2.26. The zero-order valence-corrected chi connectivity index (χ0v) is 9.11. The van der Waals surface area contributed by atoms with E-state index in [1.54, 1.807) is 13.0 Å². The molecular formula is C12H9FN4. The van der Waals surface area contributed by atoms with Crippen LogP contribution in [-0.2, 0) is 0 Å². The molecule has 0 atom stereocenters. The minimum atomic E-state index is -0.317. The third kappa shape index (κ3) is 1.56. The van der Waals surface area contributed by atoms with E-state index in [-0.39, 0.29) is 5.82 Å². The zero-order valence-electron chi connectivity index (χ0n) is 9.11. The van der Waals surface area contributed by atoms with Crippen molar-refractivity contribution in [1.82, 2.24) is 15.0 Å². The highest BCUT2D eigenvalue weighted by atomic mass is 19.1. The van der Waals surface area contributed by atoms with Gasteiger partial charge in [0.15, 0.2) is 5.65 Å². The Morgan fingerprint density at radius 3 is 2.76 bits per heavy atom. The summed E-state index contributed by atoms with van der Waals surface area (Å²) in [6.07, 6.45) is 0. The molecule has 2 heterocycles. The molecule has 2 aromatic heterocycles. The fraction of sp³-hybridized carbons (Fsp3) is 0.0833. The Labute approximate surface area is 96.3 Å². The number of rotatable bonds is 0. The standard InChI is InChI=1S/C12H9FN4/c1-6-15-11(14)9-4-7-2-3-8(13)5-10(7)17-12(9)16-6/h2-5H,1H3,(H2,14,15,16,17). The molecule has 0 unspecified atom stereocenters. The molecule has 0 bridgehead atoms. The Kier molecular flexibility index (Phi) is 1.95. The molecule has 5 heteroatoms. The molecule has 17 heavy (non-hydrogen) atoms. The summed E-state index contributed by atoms with van der Waals surface area (Å²) in [6, 6.07) is 6.26. The van der Waals surface area contributed by atoms with Crippen LogP contribution in [0.15, 0.2) is 24.3 Å². The molecule has 2 N–H and O–H groups in total. The third-order valence-corrected chi connectivity index (χ3v) is 2.59. The van der Waals surface area contributed by atoms with Crippen LogP contribution in [0.4, 0.5) is 10.2 Å². The van der Waals surface area contributed by atoms with Crippen molar-refractivity contribution >= 4 is 27.8 Å². The van der Waals surface area contributed by atoms with Gasteiger partial charge in [0.25, 0.3) is 0 Å². The number of nitrogen functional groups attached to an aromatic ring is 1. The summed E-state index contributed by atoms with van der Waals surface area (Å²) in [5.74, 6) is 0.632. The first-order chi connectivity index (χ1) is 8.13. The normalized spacial score (nSPS) is 11.2. The van der Waals surface area contributed by atoms with E-state index in [1.807, 2.05) is 6.07 Å². The highest BCUT2D eigenvalue weighted by Crippen LogP contribution is 2.22. The van der Waals surface area contributed by atoms with E-state index in [9.17, 15) is 4.39 Å². The lowest BCUT2D eigenvalue weighted by Crippen LogP contribution is -1.99. The molecule has 0 saturated carbocycles. The summed E-state index contributed by atoms with van der Waals surface area (Å²) in [5.41, 5.74) is 6.87. The van der Waals surface area contributed by atoms with Crippen LogP contribution in [0.1, 0.15) is 5.82 Å². The molecule has 84 valence electrons. The van der Waals surface area contributed by atoms with Crippen molar-refractivity contribution in [1.29, 1.82) is 0 Å². The molecule has 0 spiro atoms. The molecular weight excluding hydrogens is 219 g/mol. The Balaban J connectivity index is 2.47. The van der Waals surface area contributed by atoms with Gasteiger partial charge < -0.3 is 5.73 Å². The van der Waals surface area contributed by atoms with Gasteiger partial charge in [-0.3, -0.25) is 0 Å². The lowest BCUT2D eigenvalue weighted by atomic mass is 10.2. The van der Waals surface area contributed by atoms with Gasteiger partial charge in [0, 0.05) is 11.5 Å². The Morgan fingerprint density at radius 2 is 1.94 bits per heavy atom. The minimum absolute atomic E-state index is 0.317. The molecule has 1 aromatic carbocycles. The van der Waals surface area contributed by atoms with Crippen molar-refractivity contribution in [2.45, 2.75) is 6.92 Å². The summed E-state index contributed by atoms with van der Waals surface area (Å²) in [5, 5.41) is 1.51. The van der Waals surface area contributed by atoms with Gasteiger partial charge in [-0.2, -0.15) is 0 Å². The van der Waals surface area contributed by atoms with E-state index in [0.29, 0.717) is 28.2 Å². The van der Waals surface area contributed by atoms with E-state index in [2.05, 4.69) is 15.0 Å². The molecule has 0 radical (unpaired) electrons. The van der Waals surface area contributed by atoms with Crippen LogP contribution in [0.25, 0.3) is 21.9 Å². The first kappa shape index (κ1) is 9.89.